The van der Waals surface area contributed by atoms with Gasteiger partial charge in [0.15, 0.2) is 0 Å². The molecule has 0 aromatic heterocycles. The highest BCUT2D eigenvalue weighted by atomic mass is 16.6. The molecule has 1 saturated carbocycles. The molecule has 0 unspecified atom stereocenters. The quantitative estimate of drug-likeness (QED) is 0.134. The number of cyclic esters (lactones) is 1. The first kappa shape index (κ1) is 59.2. The Bertz CT molecular complexity index is 1880. The number of ether oxygens (including phenoxy) is 5. The van der Waals surface area contributed by atoms with Crippen LogP contribution in [0, 0.1) is 47.3 Å². The summed E-state index contributed by atoms with van der Waals surface area (Å²) in [6, 6.07) is -1.10. The first-order chi connectivity index (χ1) is 32.9. The number of hydrogen-bond donors (Lipinski definition) is 2. The van der Waals surface area contributed by atoms with Gasteiger partial charge in [-0.3, -0.25) is 19.2 Å². The van der Waals surface area contributed by atoms with Crippen LogP contribution in [0.5, 0.6) is 0 Å². The zero-order chi connectivity index (χ0) is 52.1. The Morgan fingerprint density at radius 1 is 0.886 bits per heavy atom. The number of carbonyl (C=O) groups excluding carboxylic acids is 5. The number of Topliss-reactive ketones (excluding diaryl/α,β-unsaturated/α-hetero) is 3. The molecule has 3 heterocycles. The number of nitrogens with zero attached hydrogens (tertiary/aromatic N) is 1. The van der Waals surface area contributed by atoms with Crippen LogP contribution in [0.3, 0.4) is 0 Å². The SMILES string of the molecule is CO[C@H]1C[C@@H]2CC[C@@H](C)[C@@](O)(O2)C(=O)C(=O)N2CCCC[C@H]2C(=O)O[C@H]([C@H](C)C[C@@H]2CC[C@@H](OCCO)[C@H](C)C2)CC(=O)[C@H](C)/C=C(\C)[C@@H](OC(C)(C)C)[C@@H](C)C(=O)[C@H](C)C[C@H](C)/C=C/C=CC=C1C. The summed E-state index contributed by atoms with van der Waals surface area (Å²) in [6.45, 7) is 23.7. The molecule has 3 aliphatic heterocycles. The van der Waals surface area contributed by atoms with E-state index in [-0.39, 0.29) is 73.3 Å². The van der Waals surface area contributed by atoms with Crippen LogP contribution in [-0.2, 0) is 47.7 Å². The average molecular weight is 982 g/mol. The number of hydrogen-bond acceptors (Lipinski definition) is 12. The Hall–Kier alpha value is -3.33. The van der Waals surface area contributed by atoms with Gasteiger partial charge in [0, 0.05) is 50.2 Å². The highest BCUT2D eigenvalue weighted by molar-refractivity contribution is 6.39. The topological polar surface area (TPSA) is 175 Å². The predicted octanol–water partition coefficient (Wildman–Crippen LogP) is 9.26. The monoisotopic (exact) mass is 982 g/mol. The summed E-state index contributed by atoms with van der Waals surface area (Å²) in [7, 11) is 1.60. The molecule has 4 rings (SSSR count). The fraction of sp³-hybridized carbons (Fsp3) is 0.772. The number of esters is 1. The molecule has 1 aliphatic carbocycles. The maximum Gasteiger partial charge on any atom is 0.329 e. The van der Waals surface area contributed by atoms with Crippen LogP contribution in [0.2, 0.25) is 0 Å². The van der Waals surface area contributed by atoms with Crippen LogP contribution < -0.4 is 0 Å². The van der Waals surface area contributed by atoms with Crippen LogP contribution in [0.15, 0.2) is 47.6 Å². The van der Waals surface area contributed by atoms with Crippen molar-refractivity contribution in [1.82, 2.24) is 4.90 Å². The molecule has 13 nitrogen and oxygen atoms in total. The van der Waals surface area contributed by atoms with Crippen molar-refractivity contribution in [3.63, 3.8) is 0 Å². The van der Waals surface area contributed by atoms with E-state index in [1.165, 1.54) is 4.90 Å². The molecule has 0 spiro atoms. The van der Waals surface area contributed by atoms with Gasteiger partial charge in [0.05, 0.1) is 43.2 Å². The van der Waals surface area contributed by atoms with E-state index in [1.807, 2.05) is 92.7 Å². The zero-order valence-electron chi connectivity index (χ0n) is 45.1. The van der Waals surface area contributed by atoms with Crippen molar-refractivity contribution in [1.29, 1.82) is 0 Å². The summed E-state index contributed by atoms with van der Waals surface area (Å²) in [5, 5.41) is 21.4. The summed E-state index contributed by atoms with van der Waals surface area (Å²) in [6.07, 6.45) is 15.9. The number of allylic oxidation sites excluding steroid dienone is 6. The number of methoxy groups -OCH3 is 1. The second-order valence-corrected chi connectivity index (χ2v) is 22.7. The van der Waals surface area contributed by atoms with Gasteiger partial charge in [0.1, 0.15) is 23.7 Å². The Balaban J connectivity index is 1.73. The fourth-order valence-corrected chi connectivity index (χ4v) is 11.2. The number of aliphatic hydroxyl groups excluding tert-OH is 1. The van der Waals surface area contributed by atoms with Gasteiger partial charge < -0.3 is 38.8 Å². The maximum atomic E-state index is 14.6. The first-order valence-corrected chi connectivity index (χ1v) is 26.6. The summed E-state index contributed by atoms with van der Waals surface area (Å²) in [5.41, 5.74) is 1.09. The molecule has 15 atom stereocenters. The van der Waals surface area contributed by atoms with Crippen molar-refractivity contribution in [2.45, 2.75) is 208 Å². The van der Waals surface area contributed by atoms with E-state index in [4.69, 9.17) is 23.7 Å². The van der Waals surface area contributed by atoms with E-state index in [9.17, 15) is 34.2 Å². The van der Waals surface area contributed by atoms with Crippen LogP contribution in [0.1, 0.15) is 160 Å². The molecule has 2 saturated heterocycles. The molecule has 0 aromatic carbocycles. The fourth-order valence-electron chi connectivity index (χ4n) is 11.2. The molecule has 13 heteroatoms. The molecule has 0 radical (unpaired) electrons. The van der Waals surface area contributed by atoms with E-state index >= 15 is 0 Å². The lowest BCUT2D eigenvalue weighted by Crippen LogP contribution is -2.61. The van der Waals surface area contributed by atoms with Crippen LogP contribution in [0.4, 0.5) is 0 Å². The summed E-state index contributed by atoms with van der Waals surface area (Å²) < 4.78 is 31.0. The summed E-state index contributed by atoms with van der Waals surface area (Å²) in [5.74, 6) is -6.93. The van der Waals surface area contributed by atoms with E-state index in [1.54, 1.807) is 14.0 Å². The molecule has 70 heavy (non-hydrogen) atoms. The maximum absolute atomic E-state index is 14.6. The van der Waals surface area contributed by atoms with Gasteiger partial charge in [0.2, 0.25) is 5.79 Å². The smallest absolute Gasteiger partial charge is 0.329 e. The third kappa shape index (κ3) is 16.6. The van der Waals surface area contributed by atoms with Crippen LogP contribution in [0.25, 0.3) is 0 Å². The molecule has 4 aliphatic rings. The van der Waals surface area contributed by atoms with Gasteiger partial charge in [0.25, 0.3) is 11.7 Å². The van der Waals surface area contributed by atoms with E-state index in [0.717, 1.165) is 30.4 Å². The Morgan fingerprint density at radius 3 is 2.26 bits per heavy atom. The standard InChI is InChI=1S/C57H91NO12/c1-35-19-15-14-16-20-36(2)49(66-13)33-45-24-22-42(8)57(65,69-45)53(62)54(63)58-26-18-17-21-46(58)55(64)68-50(39(5)32-44-23-25-48(38(4)31-44)67-28-27-59)34-47(60)37(3)30-41(7)52(70-56(10,11)12)43(9)51(61)40(6)29-35/h14-16,19-20,30,35,37-40,42-46,48-50,52,59,65H,17-18,21-29,31-34H2,1-13H3/b16-14?,19-15+,36-20?,41-30+/t35-,37-,38-,39-,40-,42-,43+,44-,45+,46+,48-,49+,50+,52-,57-/m1/s1. The molecule has 2 bridgehead atoms. The lowest BCUT2D eigenvalue weighted by molar-refractivity contribution is -0.265. The molecule has 1 amide bonds. The minimum absolute atomic E-state index is 0.0342. The van der Waals surface area contributed by atoms with E-state index < -0.39 is 77.3 Å². The normalized spacial score (nSPS) is 37.4. The van der Waals surface area contributed by atoms with Gasteiger partial charge in [-0.15, -0.1) is 0 Å². The van der Waals surface area contributed by atoms with Gasteiger partial charge >= 0.3 is 5.97 Å². The Kier molecular flexibility index (Phi) is 22.9. The van der Waals surface area contributed by atoms with Crippen molar-refractivity contribution in [2.24, 2.45) is 47.3 Å². The summed E-state index contributed by atoms with van der Waals surface area (Å²) in [4.78, 5) is 73.1. The van der Waals surface area contributed by atoms with Crippen molar-refractivity contribution in [2.75, 3.05) is 26.9 Å². The third-order valence-electron chi connectivity index (χ3n) is 15.5. The zero-order valence-corrected chi connectivity index (χ0v) is 45.1. The molecule has 396 valence electrons. The number of fused-ring (bicyclic) bond motifs is 3. The van der Waals surface area contributed by atoms with Crippen molar-refractivity contribution in [3.05, 3.63) is 47.6 Å². The minimum Gasteiger partial charge on any atom is -0.460 e. The Morgan fingerprint density at radius 2 is 1.60 bits per heavy atom. The van der Waals surface area contributed by atoms with Crippen molar-refractivity contribution < 1.29 is 57.9 Å². The average Bonchev–Trinajstić information content (AvgIpc) is 3.31. The molecule has 3 fully saturated rings. The van der Waals surface area contributed by atoms with Crippen LogP contribution in [-0.4, -0.2) is 119 Å². The van der Waals surface area contributed by atoms with E-state index in [0.29, 0.717) is 51.6 Å². The second kappa shape index (κ2) is 27.1. The number of carbonyl (C=O) groups is 5. The van der Waals surface area contributed by atoms with Gasteiger partial charge in [-0.05, 0) is 134 Å². The highest BCUT2D eigenvalue weighted by Gasteiger charge is 2.53. The van der Waals surface area contributed by atoms with Gasteiger partial charge in [-0.2, -0.15) is 0 Å². The van der Waals surface area contributed by atoms with E-state index in [2.05, 4.69) is 19.9 Å². The lowest BCUT2D eigenvalue weighted by atomic mass is 9.75. The largest absolute Gasteiger partial charge is 0.460 e. The number of rotatable bonds is 8. The number of piperidine rings is 1. The molecule has 2 N–H and O–H groups in total. The molecular formula is C57H91NO12. The Labute approximate surface area is 420 Å². The lowest BCUT2D eigenvalue weighted by Gasteiger charge is -2.42. The van der Waals surface area contributed by atoms with Gasteiger partial charge in [-0.25, -0.2) is 4.79 Å². The highest BCUT2D eigenvalue weighted by Crippen LogP contribution is 2.39. The number of amides is 1. The van der Waals surface area contributed by atoms with Crippen molar-refractivity contribution in [3.8, 4) is 0 Å². The predicted molar refractivity (Wildman–Crippen MR) is 271 cm³/mol. The summed E-state index contributed by atoms with van der Waals surface area (Å²) >= 11 is 0. The first-order valence-electron chi connectivity index (χ1n) is 26.6. The number of ketones is 3. The molecular weight excluding hydrogens is 891 g/mol. The van der Waals surface area contributed by atoms with Gasteiger partial charge in [-0.1, -0.05) is 84.9 Å². The minimum atomic E-state index is -2.41. The third-order valence-corrected chi connectivity index (χ3v) is 15.5. The van der Waals surface area contributed by atoms with Crippen LogP contribution >= 0.6 is 0 Å². The number of aliphatic hydroxyl groups is 2. The second-order valence-electron chi connectivity index (χ2n) is 22.7. The molecule has 0 aromatic rings. The van der Waals surface area contributed by atoms with Crippen molar-refractivity contribution >= 4 is 29.2 Å².